The van der Waals surface area contributed by atoms with Crippen LogP contribution in [0, 0.1) is 5.92 Å². The number of aliphatic hydroxyl groups is 2. The van der Waals surface area contributed by atoms with E-state index in [-0.39, 0.29) is 5.92 Å². The van der Waals surface area contributed by atoms with Crippen molar-refractivity contribution in [3.8, 4) is 0 Å². The Hall–Kier alpha value is -0.860. The quantitative estimate of drug-likeness (QED) is 0.743. The maximum atomic E-state index is 9.71. The lowest BCUT2D eigenvalue weighted by Crippen LogP contribution is -2.23. The lowest BCUT2D eigenvalue weighted by molar-refractivity contribution is -0.00939. The average Bonchev–Trinajstić information content (AvgIpc) is 2.17. The van der Waals surface area contributed by atoms with E-state index < -0.39 is 12.2 Å². The van der Waals surface area contributed by atoms with E-state index in [1.165, 1.54) is 0 Å². The van der Waals surface area contributed by atoms with Gasteiger partial charge in [-0.3, -0.25) is 0 Å². The summed E-state index contributed by atoms with van der Waals surface area (Å²) in [5, 5.41) is 19.3. The SMILES string of the molecule is CC(C)[C@H](O)[C@@H](O)c1ccccc1. The number of rotatable bonds is 3. The first-order valence-corrected chi connectivity index (χ1v) is 4.54. The summed E-state index contributed by atoms with van der Waals surface area (Å²) in [6.07, 6.45) is -1.47. The zero-order valence-electron chi connectivity index (χ0n) is 8.01. The summed E-state index contributed by atoms with van der Waals surface area (Å²) in [7, 11) is 0. The van der Waals surface area contributed by atoms with E-state index in [2.05, 4.69) is 0 Å². The first-order valence-electron chi connectivity index (χ1n) is 4.54. The summed E-state index contributed by atoms with van der Waals surface area (Å²) < 4.78 is 0. The van der Waals surface area contributed by atoms with Gasteiger partial charge in [0, 0.05) is 0 Å². The fourth-order valence-electron chi connectivity index (χ4n) is 1.21. The third-order valence-electron chi connectivity index (χ3n) is 2.15. The van der Waals surface area contributed by atoms with Crippen molar-refractivity contribution in [1.82, 2.24) is 0 Å². The van der Waals surface area contributed by atoms with Crippen LogP contribution in [-0.2, 0) is 0 Å². The number of benzene rings is 1. The molecule has 0 fully saturated rings. The highest BCUT2D eigenvalue weighted by Crippen LogP contribution is 2.20. The molecule has 0 saturated carbocycles. The third-order valence-corrected chi connectivity index (χ3v) is 2.15. The van der Waals surface area contributed by atoms with Gasteiger partial charge in [0.15, 0.2) is 0 Å². The van der Waals surface area contributed by atoms with Crippen LogP contribution in [0.15, 0.2) is 30.3 Å². The molecule has 2 N–H and O–H groups in total. The van der Waals surface area contributed by atoms with E-state index in [0.717, 1.165) is 5.56 Å². The van der Waals surface area contributed by atoms with Crippen molar-refractivity contribution in [3.63, 3.8) is 0 Å². The Balaban J connectivity index is 2.73. The van der Waals surface area contributed by atoms with Crippen LogP contribution in [0.4, 0.5) is 0 Å². The van der Waals surface area contributed by atoms with Crippen molar-refractivity contribution >= 4 is 0 Å². The van der Waals surface area contributed by atoms with Crippen molar-refractivity contribution in [2.45, 2.75) is 26.1 Å². The maximum absolute atomic E-state index is 9.71. The van der Waals surface area contributed by atoms with Gasteiger partial charge in [-0.25, -0.2) is 0 Å². The molecule has 0 unspecified atom stereocenters. The minimum absolute atomic E-state index is 0.0650. The van der Waals surface area contributed by atoms with Crippen LogP contribution in [0.3, 0.4) is 0 Å². The third kappa shape index (κ3) is 2.54. The van der Waals surface area contributed by atoms with Gasteiger partial charge in [0.25, 0.3) is 0 Å². The van der Waals surface area contributed by atoms with Gasteiger partial charge in [-0.15, -0.1) is 0 Å². The molecule has 0 spiro atoms. The Morgan fingerprint density at radius 1 is 1.00 bits per heavy atom. The van der Waals surface area contributed by atoms with E-state index in [0.29, 0.717) is 0 Å². The van der Waals surface area contributed by atoms with Crippen molar-refractivity contribution in [2.24, 2.45) is 5.92 Å². The Morgan fingerprint density at radius 3 is 2.00 bits per heavy atom. The second-order valence-electron chi connectivity index (χ2n) is 3.59. The molecule has 1 aromatic rings. The molecular formula is C11H16O2. The Bertz CT molecular complexity index is 244. The summed E-state index contributed by atoms with van der Waals surface area (Å²) in [4.78, 5) is 0. The first-order chi connectivity index (χ1) is 6.13. The van der Waals surface area contributed by atoms with Crippen LogP contribution in [0.2, 0.25) is 0 Å². The number of aliphatic hydroxyl groups excluding tert-OH is 2. The van der Waals surface area contributed by atoms with Crippen LogP contribution in [0.5, 0.6) is 0 Å². The molecule has 1 rings (SSSR count). The van der Waals surface area contributed by atoms with Crippen LogP contribution in [0.25, 0.3) is 0 Å². The predicted molar refractivity (Wildman–Crippen MR) is 52.2 cm³/mol. The lowest BCUT2D eigenvalue weighted by Gasteiger charge is -2.21. The summed E-state index contributed by atoms with van der Waals surface area (Å²) in [5.74, 6) is 0.0650. The molecule has 0 aromatic heterocycles. The summed E-state index contributed by atoms with van der Waals surface area (Å²) in [6.45, 7) is 3.77. The van der Waals surface area contributed by atoms with Gasteiger partial charge < -0.3 is 10.2 Å². The van der Waals surface area contributed by atoms with E-state index in [1.807, 2.05) is 44.2 Å². The maximum Gasteiger partial charge on any atom is 0.105 e. The molecule has 0 heterocycles. The molecule has 72 valence electrons. The van der Waals surface area contributed by atoms with Crippen molar-refractivity contribution < 1.29 is 10.2 Å². The van der Waals surface area contributed by atoms with E-state index in [4.69, 9.17) is 0 Å². The van der Waals surface area contributed by atoms with Gasteiger partial charge in [-0.05, 0) is 11.5 Å². The van der Waals surface area contributed by atoms with E-state index >= 15 is 0 Å². The van der Waals surface area contributed by atoms with Gasteiger partial charge in [0.1, 0.15) is 6.10 Å². The summed E-state index contributed by atoms with van der Waals surface area (Å²) in [6, 6.07) is 9.22. The second-order valence-corrected chi connectivity index (χ2v) is 3.59. The normalized spacial score (nSPS) is 15.8. The molecule has 0 aliphatic rings. The Kier molecular flexibility index (Phi) is 3.46. The largest absolute Gasteiger partial charge is 0.390 e. The molecular weight excluding hydrogens is 164 g/mol. The molecule has 2 nitrogen and oxygen atoms in total. The fourth-order valence-corrected chi connectivity index (χ4v) is 1.21. The van der Waals surface area contributed by atoms with Crippen molar-refractivity contribution in [3.05, 3.63) is 35.9 Å². The zero-order valence-corrected chi connectivity index (χ0v) is 8.01. The zero-order chi connectivity index (χ0) is 9.84. The molecule has 13 heavy (non-hydrogen) atoms. The minimum atomic E-state index is -0.777. The Morgan fingerprint density at radius 2 is 1.54 bits per heavy atom. The highest BCUT2D eigenvalue weighted by Gasteiger charge is 2.20. The standard InChI is InChI=1S/C11H16O2/c1-8(2)10(12)11(13)9-6-4-3-5-7-9/h3-8,10-13H,1-2H3/t10-,11-/m0/s1. The molecule has 0 aliphatic carbocycles. The second kappa shape index (κ2) is 4.40. The molecule has 2 atom stereocenters. The highest BCUT2D eigenvalue weighted by molar-refractivity contribution is 5.18. The molecule has 1 aromatic carbocycles. The van der Waals surface area contributed by atoms with Crippen molar-refractivity contribution in [1.29, 1.82) is 0 Å². The molecule has 0 amide bonds. The Labute approximate surface area is 78.8 Å². The average molecular weight is 180 g/mol. The molecule has 0 radical (unpaired) electrons. The van der Waals surface area contributed by atoms with Crippen LogP contribution >= 0.6 is 0 Å². The van der Waals surface area contributed by atoms with E-state index in [1.54, 1.807) is 0 Å². The number of hydrogen-bond donors (Lipinski definition) is 2. The fraction of sp³-hybridized carbons (Fsp3) is 0.455. The minimum Gasteiger partial charge on any atom is -0.390 e. The topological polar surface area (TPSA) is 40.5 Å². The van der Waals surface area contributed by atoms with Crippen LogP contribution in [0.1, 0.15) is 25.5 Å². The lowest BCUT2D eigenvalue weighted by atomic mass is 9.96. The van der Waals surface area contributed by atoms with Gasteiger partial charge in [-0.2, -0.15) is 0 Å². The van der Waals surface area contributed by atoms with E-state index in [9.17, 15) is 10.2 Å². The molecule has 0 saturated heterocycles. The first kappa shape index (κ1) is 10.2. The highest BCUT2D eigenvalue weighted by atomic mass is 16.3. The van der Waals surface area contributed by atoms with Gasteiger partial charge in [0.2, 0.25) is 0 Å². The molecule has 0 aliphatic heterocycles. The predicted octanol–water partition coefficient (Wildman–Crippen LogP) is 1.74. The van der Waals surface area contributed by atoms with Gasteiger partial charge in [0.05, 0.1) is 6.10 Å². The monoisotopic (exact) mass is 180 g/mol. The summed E-state index contributed by atoms with van der Waals surface area (Å²) >= 11 is 0. The summed E-state index contributed by atoms with van der Waals surface area (Å²) in [5.41, 5.74) is 0.767. The van der Waals surface area contributed by atoms with Crippen LogP contribution < -0.4 is 0 Å². The van der Waals surface area contributed by atoms with Gasteiger partial charge in [-0.1, -0.05) is 44.2 Å². The molecule has 2 heteroatoms. The number of hydrogen-bond acceptors (Lipinski definition) is 2. The van der Waals surface area contributed by atoms with Crippen molar-refractivity contribution in [2.75, 3.05) is 0 Å². The van der Waals surface area contributed by atoms with Crippen LogP contribution in [-0.4, -0.2) is 16.3 Å². The van der Waals surface area contributed by atoms with Gasteiger partial charge >= 0.3 is 0 Å². The molecule has 0 bridgehead atoms. The smallest absolute Gasteiger partial charge is 0.105 e.